The van der Waals surface area contributed by atoms with Gasteiger partial charge in [-0.25, -0.2) is 0 Å². The van der Waals surface area contributed by atoms with Crippen LogP contribution in [0.4, 0.5) is 0 Å². The minimum absolute atomic E-state index is 0.634. The van der Waals surface area contributed by atoms with Crippen LogP contribution in [0.2, 0.25) is 0 Å². The molecule has 1 aliphatic heterocycles. The monoisotopic (exact) mass is 392 g/mol. The van der Waals surface area contributed by atoms with E-state index in [-0.39, 0.29) is 0 Å². The van der Waals surface area contributed by atoms with Gasteiger partial charge in [0, 0.05) is 22.5 Å². The van der Waals surface area contributed by atoms with E-state index in [1.807, 2.05) is 23.5 Å². The zero-order chi connectivity index (χ0) is 17.8. The van der Waals surface area contributed by atoms with Crippen LogP contribution in [0.5, 0.6) is 0 Å². The van der Waals surface area contributed by atoms with Crippen molar-refractivity contribution in [2.24, 2.45) is 0 Å². The molecule has 0 aromatic carbocycles. The van der Waals surface area contributed by atoms with E-state index in [4.69, 9.17) is 14.2 Å². The number of thioether (sulfide) groups is 2. The molecule has 1 unspecified atom stereocenters. The summed E-state index contributed by atoms with van der Waals surface area (Å²) in [6.07, 6.45) is 12.4. The molecule has 1 saturated heterocycles. The molecule has 3 nitrogen and oxygen atoms in total. The largest absolute Gasteiger partial charge is 0.379 e. The Morgan fingerprint density at radius 3 is 2.00 bits per heavy atom. The quantitative estimate of drug-likeness (QED) is 0.489. The molecule has 0 aromatic heterocycles. The summed E-state index contributed by atoms with van der Waals surface area (Å²) in [5.74, 6) is 3.20. The highest BCUT2D eigenvalue weighted by Crippen LogP contribution is 2.20. The molecular weight excluding hydrogens is 352 g/mol. The van der Waals surface area contributed by atoms with Crippen LogP contribution in [0.15, 0.2) is 0 Å². The summed E-state index contributed by atoms with van der Waals surface area (Å²) < 4.78 is 17.1. The van der Waals surface area contributed by atoms with Crippen LogP contribution in [-0.2, 0) is 14.2 Å². The summed E-state index contributed by atoms with van der Waals surface area (Å²) in [6, 6.07) is 0. The minimum Gasteiger partial charge on any atom is -0.379 e. The third-order valence-electron chi connectivity index (χ3n) is 4.38. The van der Waals surface area contributed by atoms with E-state index >= 15 is 0 Å². The van der Waals surface area contributed by atoms with Gasteiger partial charge in [0.25, 0.3) is 0 Å². The van der Waals surface area contributed by atoms with Gasteiger partial charge in [-0.05, 0) is 6.42 Å². The van der Waals surface area contributed by atoms with E-state index in [9.17, 15) is 0 Å². The lowest BCUT2D eigenvalue weighted by molar-refractivity contribution is 0.0605. The lowest BCUT2D eigenvalue weighted by Gasteiger charge is -2.17. The standard InChI is InChI=1S/C20H40O3S2/c1-2-3-4-5-6-7-8-9-10-20-19-23-14-17-24-16-13-21-11-12-22-15-18-25-20/h20H,2-19H2,1H3. The molecule has 25 heavy (non-hydrogen) atoms. The number of rotatable bonds is 9. The number of hydrogen-bond acceptors (Lipinski definition) is 5. The Bertz CT molecular complexity index is 251. The molecule has 1 fully saturated rings. The predicted octanol–water partition coefficient (Wildman–Crippen LogP) is 5.42. The van der Waals surface area contributed by atoms with Gasteiger partial charge in [-0.2, -0.15) is 23.5 Å². The van der Waals surface area contributed by atoms with E-state index in [2.05, 4.69) is 6.92 Å². The van der Waals surface area contributed by atoms with Crippen LogP contribution >= 0.6 is 23.5 Å². The summed E-state index contributed by atoms with van der Waals surface area (Å²) in [7, 11) is 0. The van der Waals surface area contributed by atoms with Crippen LogP contribution in [0.3, 0.4) is 0 Å². The molecule has 0 radical (unpaired) electrons. The molecule has 1 rings (SSSR count). The highest BCUT2D eigenvalue weighted by Gasteiger charge is 2.10. The van der Waals surface area contributed by atoms with E-state index in [0.717, 1.165) is 56.9 Å². The molecule has 0 spiro atoms. The maximum absolute atomic E-state index is 5.92. The van der Waals surface area contributed by atoms with Crippen molar-refractivity contribution in [2.45, 2.75) is 70.0 Å². The van der Waals surface area contributed by atoms with E-state index in [1.54, 1.807) is 0 Å². The second kappa shape index (κ2) is 19.3. The zero-order valence-corrected chi connectivity index (χ0v) is 18.0. The van der Waals surface area contributed by atoms with Gasteiger partial charge in [0.05, 0.1) is 39.6 Å². The van der Waals surface area contributed by atoms with Gasteiger partial charge < -0.3 is 14.2 Å². The third-order valence-corrected chi connectivity index (χ3v) is 6.54. The second-order valence-corrected chi connectivity index (χ2v) is 9.30. The topological polar surface area (TPSA) is 27.7 Å². The highest BCUT2D eigenvalue weighted by molar-refractivity contribution is 8.00. The Balaban J connectivity index is 2.10. The van der Waals surface area contributed by atoms with Crippen molar-refractivity contribution in [1.29, 1.82) is 0 Å². The summed E-state index contributed by atoms with van der Waals surface area (Å²) in [6.45, 7) is 7.16. The molecule has 0 amide bonds. The Morgan fingerprint density at radius 1 is 0.680 bits per heavy atom. The predicted molar refractivity (Wildman–Crippen MR) is 113 cm³/mol. The average Bonchev–Trinajstić information content (AvgIpc) is 2.63. The van der Waals surface area contributed by atoms with Gasteiger partial charge in [0.1, 0.15) is 0 Å². The van der Waals surface area contributed by atoms with Gasteiger partial charge in [-0.15, -0.1) is 0 Å². The van der Waals surface area contributed by atoms with Crippen LogP contribution < -0.4 is 0 Å². The molecular formula is C20H40O3S2. The number of hydrogen-bond donors (Lipinski definition) is 0. The number of unbranched alkanes of at least 4 members (excludes halogenated alkanes) is 7. The zero-order valence-electron chi connectivity index (χ0n) is 16.3. The smallest absolute Gasteiger partial charge is 0.0700 e. The normalized spacial score (nSPS) is 22.2. The van der Waals surface area contributed by atoms with Crippen molar-refractivity contribution >= 4 is 23.5 Å². The third kappa shape index (κ3) is 16.5. The van der Waals surface area contributed by atoms with Crippen LogP contribution in [0.25, 0.3) is 0 Å². The molecule has 0 saturated carbocycles. The summed E-state index contributed by atoms with van der Waals surface area (Å²) in [5, 5.41) is 0.634. The molecule has 0 bridgehead atoms. The Hall–Kier alpha value is 0.580. The maximum Gasteiger partial charge on any atom is 0.0700 e. The van der Waals surface area contributed by atoms with E-state index < -0.39 is 0 Å². The molecule has 1 aliphatic rings. The molecule has 5 heteroatoms. The first-order valence-corrected chi connectivity index (χ1v) is 12.6. The van der Waals surface area contributed by atoms with Gasteiger partial charge in [0.2, 0.25) is 0 Å². The van der Waals surface area contributed by atoms with Gasteiger partial charge in [-0.1, -0.05) is 58.3 Å². The van der Waals surface area contributed by atoms with Crippen molar-refractivity contribution in [2.75, 3.05) is 56.9 Å². The molecule has 0 aliphatic carbocycles. The fourth-order valence-corrected chi connectivity index (χ4v) is 4.62. The lowest BCUT2D eigenvalue weighted by Crippen LogP contribution is -2.15. The SMILES string of the molecule is CCCCCCCCCCC1COCCSCCOCCOCCS1. The summed E-state index contributed by atoms with van der Waals surface area (Å²) in [4.78, 5) is 0. The number of ether oxygens (including phenoxy) is 3. The second-order valence-electron chi connectivity index (χ2n) is 6.67. The molecule has 0 N–H and O–H groups in total. The first-order valence-electron chi connectivity index (χ1n) is 10.4. The summed E-state index contributed by atoms with van der Waals surface area (Å²) in [5.41, 5.74) is 0. The minimum atomic E-state index is 0.634. The van der Waals surface area contributed by atoms with Gasteiger partial charge in [0.15, 0.2) is 0 Å². The van der Waals surface area contributed by atoms with Crippen LogP contribution in [0, 0.1) is 0 Å². The Kier molecular flexibility index (Phi) is 18.3. The molecule has 1 heterocycles. The van der Waals surface area contributed by atoms with Crippen molar-refractivity contribution in [1.82, 2.24) is 0 Å². The van der Waals surface area contributed by atoms with E-state index in [1.165, 1.54) is 57.8 Å². The van der Waals surface area contributed by atoms with Crippen LogP contribution in [0.1, 0.15) is 64.7 Å². The first kappa shape index (κ1) is 23.6. The van der Waals surface area contributed by atoms with E-state index in [0.29, 0.717) is 5.25 Å². The fourth-order valence-electron chi connectivity index (χ4n) is 2.87. The molecule has 1 atom stereocenters. The Morgan fingerprint density at radius 2 is 1.28 bits per heavy atom. The van der Waals surface area contributed by atoms with Gasteiger partial charge >= 0.3 is 0 Å². The lowest BCUT2D eigenvalue weighted by atomic mass is 10.1. The van der Waals surface area contributed by atoms with Crippen molar-refractivity contribution < 1.29 is 14.2 Å². The average molecular weight is 393 g/mol. The first-order chi connectivity index (χ1) is 12.4. The Labute approximate surface area is 164 Å². The maximum atomic E-state index is 5.92. The fraction of sp³-hybridized carbons (Fsp3) is 1.00. The molecule has 0 aromatic rings. The van der Waals surface area contributed by atoms with Crippen molar-refractivity contribution in [3.8, 4) is 0 Å². The van der Waals surface area contributed by atoms with Crippen molar-refractivity contribution in [3.05, 3.63) is 0 Å². The van der Waals surface area contributed by atoms with Gasteiger partial charge in [-0.3, -0.25) is 0 Å². The van der Waals surface area contributed by atoms with Crippen LogP contribution in [-0.4, -0.2) is 62.1 Å². The highest BCUT2D eigenvalue weighted by atomic mass is 32.2. The summed E-state index contributed by atoms with van der Waals surface area (Å²) >= 11 is 3.95. The molecule has 150 valence electrons. The van der Waals surface area contributed by atoms with Crippen molar-refractivity contribution in [3.63, 3.8) is 0 Å².